The summed E-state index contributed by atoms with van der Waals surface area (Å²) in [6.07, 6.45) is 2.87. The van der Waals surface area contributed by atoms with E-state index in [1.807, 2.05) is 19.9 Å². The number of hydrogen-bond donors (Lipinski definition) is 0. The molecule has 4 nitrogen and oxygen atoms in total. The van der Waals surface area contributed by atoms with Crippen molar-refractivity contribution in [2.45, 2.75) is 40.0 Å². The second kappa shape index (κ2) is 9.02. The molecule has 2 aromatic carbocycles. The summed E-state index contributed by atoms with van der Waals surface area (Å²) in [5.74, 6) is -0.604. The molecule has 0 fully saturated rings. The van der Waals surface area contributed by atoms with Crippen LogP contribution in [0.3, 0.4) is 0 Å². The lowest BCUT2D eigenvalue weighted by atomic mass is 10.1. The zero-order chi connectivity index (χ0) is 18.2. The molecule has 0 N–H and O–H groups in total. The minimum Gasteiger partial charge on any atom is -0.462 e. The van der Waals surface area contributed by atoms with Crippen LogP contribution in [0.5, 0.6) is 5.75 Å². The highest BCUT2D eigenvalue weighted by Crippen LogP contribution is 2.19. The van der Waals surface area contributed by atoms with Crippen LogP contribution in [0.1, 0.15) is 58.0 Å². The van der Waals surface area contributed by atoms with Crippen molar-refractivity contribution < 1.29 is 19.1 Å². The van der Waals surface area contributed by atoms with Crippen LogP contribution < -0.4 is 4.74 Å². The van der Waals surface area contributed by atoms with Gasteiger partial charge < -0.3 is 9.47 Å². The summed E-state index contributed by atoms with van der Waals surface area (Å²) in [6.45, 7) is 6.38. The third-order valence-corrected chi connectivity index (χ3v) is 4.04. The standard InChI is InChI=1S/C21H24O4/c1-4-5-8-13-24-20(22)18-9-6-7-10-19(18)21(23)25-17-12-11-15(2)16(3)14-17/h6-7,9-12,14H,4-5,8,13H2,1-3H3. The van der Waals surface area contributed by atoms with Gasteiger partial charge in [-0.3, -0.25) is 0 Å². The van der Waals surface area contributed by atoms with Gasteiger partial charge in [-0.2, -0.15) is 0 Å². The number of hydrogen-bond acceptors (Lipinski definition) is 4. The van der Waals surface area contributed by atoms with E-state index in [0.717, 1.165) is 30.4 Å². The van der Waals surface area contributed by atoms with Gasteiger partial charge in [-0.1, -0.05) is 38.0 Å². The van der Waals surface area contributed by atoms with Gasteiger partial charge in [-0.05, 0) is 55.7 Å². The highest BCUT2D eigenvalue weighted by atomic mass is 16.5. The van der Waals surface area contributed by atoms with Crippen molar-refractivity contribution in [1.82, 2.24) is 0 Å². The summed E-state index contributed by atoms with van der Waals surface area (Å²) in [5, 5.41) is 0. The Kier molecular flexibility index (Phi) is 6.75. The van der Waals surface area contributed by atoms with Gasteiger partial charge in [0.05, 0.1) is 17.7 Å². The van der Waals surface area contributed by atoms with E-state index in [1.54, 1.807) is 36.4 Å². The number of unbranched alkanes of at least 4 members (excludes halogenated alkanes) is 2. The van der Waals surface area contributed by atoms with Crippen LogP contribution >= 0.6 is 0 Å². The van der Waals surface area contributed by atoms with Crippen LogP contribution in [0.4, 0.5) is 0 Å². The predicted octanol–water partition coefficient (Wildman–Crippen LogP) is 4.87. The molecule has 0 saturated carbocycles. The van der Waals surface area contributed by atoms with E-state index in [1.165, 1.54) is 0 Å². The number of carbonyl (C=O) groups excluding carboxylic acids is 2. The van der Waals surface area contributed by atoms with Gasteiger partial charge in [0, 0.05) is 0 Å². The van der Waals surface area contributed by atoms with Crippen LogP contribution in [-0.4, -0.2) is 18.5 Å². The van der Waals surface area contributed by atoms with E-state index in [2.05, 4.69) is 6.92 Å². The SMILES string of the molecule is CCCCCOC(=O)c1ccccc1C(=O)Oc1ccc(C)c(C)c1. The third kappa shape index (κ3) is 5.18. The molecule has 0 heterocycles. The van der Waals surface area contributed by atoms with Crippen LogP contribution in [0.2, 0.25) is 0 Å². The van der Waals surface area contributed by atoms with E-state index >= 15 is 0 Å². The maximum absolute atomic E-state index is 12.5. The zero-order valence-corrected chi connectivity index (χ0v) is 15.0. The second-order valence-electron chi connectivity index (χ2n) is 6.02. The van der Waals surface area contributed by atoms with Crippen molar-refractivity contribution in [3.8, 4) is 5.75 Å². The average Bonchev–Trinajstić information content (AvgIpc) is 2.61. The lowest BCUT2D eigenvalue weighted by molar-refractivity contribution is 0.0490. The molecule has 2 aromatic rings. The Morgan fingerprint density at radius 1 is 0.880 bits per heavy atom. The Labute approximate surface area is 148 Å². The first-order valence-corrected chi connectivity index (χ1v) is 8.58. The van der Waals surface area contributed by atoms with E-state index < -0.39 is 11.9 Å². The maximum Gasteiger partial charge on any atom is 0.344 e. The molecule has 132 valence electrons. The highest BCUT2D eigenvalue weighted by molar-refractivity contribution is 6.03. The molecule has 2 rings (SSSR count). The molecule has 0 bridgehead atoms. The van der Waals surface area contributed by atoms with Crippen molar-refractivity contribution >= 4 is 11.9 Å². The van der Waals surface area contributed by atoms with Crippen LogP contribution in [0.25, 0.3) is 0 Å². The summed E-state index contributed by atoms with van der Waals surface area (Å²) >= 11 is 0. The van der Waals surface area contributed by atoms with Gasteiger partial charge in [0.25, 0.3) is 0 Å². The van der Waals surface area contributed by atoms with Gasteiger partial charge in [-0.25, -0.2) is 9.59 Å². The topological polar surface area (TPSA) is 52.6 Å². The average molecular weight is 340 g/mol. The second-order valence-corrected chi connectivity index (χ2v) is 6.02. The Bertz CT molecular complexity index is 749. The number of rotatable bonds is 7. The van der Waals surface area contributed by atoms with E-state index in [9.17, 15) is 9.59 Å². The molecule has 0 unspecified atom stereocenters. The third-order valence-electron chi connectivity index (χ3n) is 4.04. The molecule has 0 spiro atoms. The minimum atomic E-state index is -0.565. The fourth-order valence-electron chi connectivity index (χ4n) is 2.37. The van der Waals surface area contributed by atoms with E-state index in [0.29, 0.717) is 12.4 Å². The maximum atomic E-state index is 12.5. The first-order valence-electron chi connectivity index (χ1n) is 8.58. The Morgan fingerprint density at radius 3 is 2.20 bits per heavy atom. The van der Waals surface area contributed by atoms with Crippen molar-refractivity contribution in [3.63, 3.8) is 0 Å². The van der Waals surface area contributed by atoms with Crippen molar-refractivity contribution in [2.24, 2.45) is 0 Å². The normalized spacial score (nSPS) is 10.4. The fraction of sp³-hybridized carbons (Fsp3) is 0.333. The number of carbonyl (C=O) groups is 2. The van der Waals surface area contributed by atoms with E-state index in [4.69, 9.17) is 9.47 Å². The summed E-state index contributed by atoms with van der Waals surface area (Å²) in [7, 11) is 0. The molecular formula is C21H24O4. The summed E-state index contributed by atoms with van der Waals surface area (Å²) in [4.78, 5) is 24.7. The number of benzene rings is 2. The predicted molar refractivity (Wildman–Crippen MR) is 97.1 cm³/mol. The Balaban J connectivity index is 2.11. The summed E-state index contributed by atoms with van der Waals surface area (Å²) < 4.78 is 10.7. The molecular weight excluding hydrogens is 316 g/mol. The first-order chi connectivity index (χ1) is 12.0. The lowest BCUT2D eigenvalue weighted by Crippen LogP contribution is -2.16. The fourth-order valence-corrected chi connectivity index (χ4v) is 2.37. The molecule has 0 aliphatic carbocycles. The van der Waals surface area contributed by atoms with Crippen molar-refractivity contribution in [1.29, 1.82) is 0 Å². The lowest BCUT2D eigenvalue weighted by Gasteiger charge is -2.10. The molecule has 0 saturated heterocycles. The van der Waals surface area contributed by atoms with Crippen LogP contribution in [0, 0.1) is 13.8 Å². The highest BCUT2D eigenvalue weighted by Gasteiger charge is 2.19. The number of esters is 2. The van der Waals surface area contributed by atoms with Crippen LogP contribution in [0.15, 0.2) is 42.5 Å². The molecule has 0 atom stereocenters. The molecule has 0 amide bonds. The number of aryl methyl sites for hydroxylation is 2. The number of ether oxygens (including phenoxy) is 2. The van der Waals surface area contributed by atoms with E-state index in [-0.39, 0.29) is 11.1 Å². The molecule has 4 heteroatoms. The quantitative estimate of drug-likeness (QED) is 0.410. The smallest absolute Gasteiger partial charge is 0.344 e. The Morgan fingerprint density at radius 2 is 1.56 bits per heavy atom. The van der Waals surface area contributed by atoms with Gasteiger partial charge in [0.15, 0.2) is 0 Å². The van der Waals surface area contributed by atoms with Crippen molar-refractivity contribution in [2.75, 3.05) is 6.61 Å². The van der Waals surface area contributed by atoms with Gasteiger partial charge in [0.1, 0.15) is 5.75 Å². The molecule has 0 aliphatic rings. The molecule has 0 radical (unpaired) electrons. The van der Waals surface area contributed by atoms with Gasteiger partial charge >= 0.3 is 11.9 Å². The van der Waals surface area contributed by atoms with Gasteiger partial charge in [-0.15, -0.1) is 0 Å². The summed E-state index contributed by atoms with van der Waals surface area (Å²) in [6, 6.07) is 12.0. The first kappa shape index (κ1) is 18.7. The molecule has 0 aromatic heterocycles. The van der Waals surface area contributed by atoms with Gasteiger partial charge in [0.2, 0.25) is 0 Å². The molecule has 25 heavy (non-hydrogen) atoms. The summed E-state index contributed by atoms with van der Waals surface area (Å²) in [5.41, 5.74) is 2.60. The molecule has 0 aliphatic heterocycles. The van der Waals surface area contributed by atoms with Crippen LogP contribution in [-0.2, 0) is 4.74 Å². The largest absolute Gasteiger partial charge is 0.462 e. The minimum absolute atomic E-state index is 0.209. The van der Waals surface area contributed by atoms with Crippen molar-refractivity contribution in [3.05, 3.63) is 64.7 Å². The zero-order valence-electron chi connectivity index (χ0n) is 15.0. The Hall–Kier alpha value is -2.62. The monoisotopic (exact) mass is 340 g/mol.